The Kier molecular flexibility index (Phi) is 4.73. The number of nitrogens with one attached hydrogen (secondary N) is 1. The molecule has 0 aliphatic heterocycles. The van der Waals surface area contributed by atoms with Crippen LogP contribution in [0.1, 0.15) is 37.5 Å². The standard InChI is InChI=1S/C18H26N2O/c1-14-10-17(20(5)12-15-8-9-21-13-15)7-6-16(14)11-19-18(2,3)4/h6-10,13,19H,11-12H2,1-5H3. The Labute approximate surface area is 128 Å². The third-order valence-corrected chi connectivity index (χ3v) is 3.58. The van der Waals surface area contributed by atoms with Gasteiger partial charge in [-0.25, -0.2) is 0 Å². The van der Waals surface area contributed by atoms with Crippen LogP contribution in [0.25, 0.3) is 0 Å². The smallest absolute Gasteiger partial charge is 0.0952 e. The monoisotopic (exact) mass is 286 g/mol. The molecule has 3 heteroatoms. The SMILES string of the molecule is Cc1cc(N(C)Cc2ccoc2)ccc1CNC(C)(C)C. The van der Waals surface area contributed by atoms with E-state index < -0.39 is 0 Å². The van der Waals surface area contributed by atoms with Gasteiger partial charge in [-0.2, -0.15) is 0 Å². The fourth-order valence-electron chi connectivity index (χ4n) is 2.22. The lowest BCUT2D eigenvalue weighted by molar-refractivity contribution is 0.424. The molecule has 1 aromatic heterocycles. The predicted molar refractivity (Wildman–Crippen MR) is 88.6 cm³/mol. The lowest BCUT2D eigenvalue weighted by Gasteiger charge is -2.23. The highest BCUT2D eigenvalue weighted by Crippen LogP contribution is 2.20. The second kappa shape index (κ2) is 6.35. The summed E-state index contributed by atoms with van der Waals surface area (Å²) >= 11 is 0. The number of nitrogens with zero attached hydrogens (tertiary/aromatic N) is 1. The van der Waals surface area contributed by atoms with Crippen molar-refractivity contribution in [3.8, 4) is 0 Å². The Morgan fingerprint density at radius 2 is 1.95 bits per heavy atom. The van der Waals surface area contributed by atoms with Crippen molar-refractivity contribution in [1.29, 1.82) is 0 Å². The zero-order valence-electron chi connectivity index (χ0n) is 13.7. The van der Waals surface area contributed by atoms with Gasteiger partial charge in [-0.05, 0) is 57.0 Å². The first kappa shape index (κ1) is 15.6. The molecule has 0 atom stereocenters. The van der Waals surface area contributed by atoms with Gasteiger partial charge in [0.2, 0.25) is 0 Å². The van der Waals surface area contributed by atoms with Crippen LogP contribution in [-0.2, 0) is 13.1 Å². The quantitative estimate of drug-likeness (QED) is 0.896. The van der Waals surface area contributed by atoms with E-state index in [-0.39, 0.29) is 5.54 Å². The highest BCUT2D eigenvalue weighted by molar-refractivity contribution is 5.50. The van der Waals surface area contributed by atoms with Gasteiger partial charge in [-0.1, -0.05) is 6.07 Å². The molecule has 0 bridgehead atoms. The molecule has 0 fully saturated rings. The summed E-state index contributed by atoms with van der Waals surface area (Å²) in [6, 6.07) is 8.66. The molecule has 114 valence electrons. The van der Waals surface area contributed by atoms with E-state index in [0.29, 0.717) is 0 Å². The second-order valence-corrected chi connectivity index (χ2v) is 6.70. The number of aryl methyl sites for hydroxylation is 1. The molecule has 3 nitrogen and oxygen atoms in total. The van der Waals surface area contributed by atoms with Crippen LogP contribution in [0.4, 0.5) is 5.69 Å². The van der Waals surface area contributed by atoms with Crippen molar-refractivity contribution in [2.75, 3.05) is 11.9 Å². The van der Waals surface area contributed by atoms with Crippen molar-refractivity contribution < 1.29 is 4.42 Å². The van der Waals surface area contributed by atoms with Crippen molar-refractivity contribution >= 4 is 5.69 Å². The minimum absolute atomic E-state index is 0.142. The van der Waals surface area contributed by atoms with E-state index in [9.17, 15) is 0 Å². The first-order valence-corrected chi connectivity index (χ1v) is 7.42. The summed E-state index contributed by atoms with van der Waals surface area (Å²) in [5, 5.41) is 3.54. The summed E-state index contributed by atoms with van der Waals surface area (Å²) in [6.07, 6.45) is 3.51. The molecule has 0 saturated heterocycles. The average molecular weight is 286 g/mol. The Bertz CT molecular complexity index is 567. The molecule has 0 radical (unpaired) electrons. The van der Waals surface area contributed by atoms with E-state index in [4.69, 9.17) is 4.42 Å². The van der Waals surface area contributed by atoms with Crippen LogP contribution in [0.3, 0.4) is 0 Å². The van der Waals surface area contributed by atoms with Crippen molar-refractivity contribution in [3.05, 3.63) is 53.5 Å². The Morgan fingerprint density at radius 1 is 1.19 bits per heavy atom. The van der Waals surface area contributed by atoms with E-state index >= 15 is 0 Å². The van der Waals surface area contributed by atoms with Crippen LogP contribution in [0.2, 0.25) is 0 Å². The van der Waals surface area contributed by atoms with Gasteiger partial charge in [-0.15, -0.1) is 0 Å². The van der Waals surface area contributed by atoms with Gasteiger partial charge in [0.05, 0.1) is 12.5 Å². The third-order valence-electron chi connectivity index (χ3n) is 3.58. The molecule has 0 unspecified atom stereocenters. The largest absolute Gasteiger partial charge is 0.472 e. The van der Waals surface area contributed by atoms with Gasteiger partial charge >= 0.3 is 0 Å². The van der Waals surface area contributed by atoms with Gasteiger partial charge in [0.25, 0.3) is 0 Å². The van der Waals surface area contributed by atoms with Crippen molar-refractivity contribution in [3.63, 3.8) is 0 Å². The normalized spacial score (nSPS) is 11.7. The minimum atomic E-state index is 0.142. The molecule has 1 aromatic carbocycles. The van der Waals surface area contributed by atoms with Gasteiger partial charge in [-0.3, -0.25) is 0 Å². The van der Waals surface area contributed by atoms with E-state index in [1.165, 1.54) is 22.4 Å². The second-order valence-electron chi connectivity index (χ2n) is 6.70. The van der Waals surface area contributed by atoms with Crippen LogP contribution < -0.4 is 10.2 Å². The number of benzene rings is 1. The minimum Gasteiger partial charge on any atom is -0.472 e. The maximum atomic E-state index is 5.12. The van der Waals surface area contributed by atoms with E-state index in [2.05, 4.69) is 63.2 Å². The highest BCUT2D eigenvalue weighted by Gasteiger charge is 2.10. The fourth-order valence-corrected chi connectivity index (χ4v) is 2.22. The molecule has 21 heavy (non-hydrogen) atoms. The number of hydrogen-bond donors (Lipinski definition) is 1. The molecule has 1 N–H and O–H groups in total. The predicted octanol–water partition coefficient (Wildman–Crippen LogP) is 4.11. The van der Waals surface area contributed by atoms with E-state index in [1.807, 2.05) is 6.07 Å². The lowest BCUT2D eigenvalue weighted by Crippen LogP contribution is -2.35. The molecule has 0 aliphatic carbocycles. The van der Waals surface area contributed by atoms with Crippen molar-refractivity contribution in [1.82, 2.24) is 5.32 Å². The van der Waals surface area contributed by atoms with Gasteiger partial charge in [0, 0.05) is 36.9 Å². The van der Waals surface area contributed by atoms with Gasteiger partial charge < -0.3 is 14.6 Å². The van der Waals surface area contributed by atoms with Crippen LogP contribution in [-0.4, -0.2) is 12.6 Å². The molecular weight excluding hydrogens is 260 g/mol. The molecule has 0 spiro atoms. The molecule has 2 rings (SSSR count). The van der Waals surface area contributed by atoms with Crippen LogP contribution in [0.5, 0.6) is 0 Å². The summed E-state index contributed by atoms with van der Waals surface area (Å²) in [5.74, 6) is 0. The van der Waals surface area contributed by atoms with Crippen LogP contribution in [0, 0.1) is 6.92 Å². The molecular formula is C18H26N2O. The van der Waals surface area contributed by atoms with Gasteiger partial charge in [0.1, 0.15) is 0 Å². The Hall–Kier alpha value is -1.74. The van der Waals surface area contributed by atoms with Crippen molar-refractivity contribution in [2.45, 2.75) is 46.3 Å². The number of anilines is 1. The topological polar surface area (TPSA) is 28.4 Å². The number of furan rings is 1. The van der Waals surface area contributed by atoms with E-state index in [0.717, 1.165) is 13.1 Å². The zero-order chi connectivity index (χ0) is 15.5. The molecule has 0 aliphatic rings. The zero-order valence-corrected chi connectivity index (χ0v) is 13.7. The first-order chi connectivity index (χ1) is 9.85. The third kappa shape index (κ3) is 4.64. The summed E-state index contributed by atoms with van der Waals surface area (Å²) in [6.45, 7) is 10.5. The van der Waals surface area contributed by atoms with E-state index in [1.54, 1.807) is 12.5 Å². The van der Waals surface area contributed by atoms with Crippen LogP contribution >= 0.6 is 0 Å². The molecule has 0 amide bonds. The Balaban J connectivity index is 2.04. The maximum Gasteiger partial charge on any atom is 0.0952 e. The lowest BCUT2D eigenvalue weighted by atomic mass is 10.0. The maximum absolute atomic E-state index is 5.12. The first-order valence-electron chi connectivity index (χ1n) is 7.42. The fraction of sp³-hybridized carbons (Fsp3) is 0.444. The number of hydrogen-bond acceptors (Lipinski definition) is 3. The summed E-state index contributed by atoms with van der Waals surface area (Å²) in [7, 11) is 2.11. The summed E-state index contributed by atoms with van der Waals surface area (Å²) in [4.78, 5) is 2.23. The summed E-state index contributed by atoms with van der Waals surface area (Å²) < 4.78 is 5.12. The highest BCUT2D eigenvalue weighted by atomic mass is 16.3. The van der Waals surface area contributed by atoms with Crippen LogP contribution in [0.15, 0.2) is 41.2 Å². The molecule has 2 aromatic rings. The molecule has 0 saturated carbocycles. The van der Waals surface area contributed by atoms with Gasteiger partial charge in [0.15, 0.2) is 0 Å². The molecule has 1 heterocycles. The Morgan fingerprint density at radius 3 is 2.52 bits per heavy atom. The van der Waals surface area contributed by atoms with Crippen molar-refractivity contribution in [2.24, 2.45) is 0 Å². The summed E-state index contributed by atoms with van der Waals surface area (Å²) in [5.41, 5.74) is 5.24. The number of rotatable bonds is 5. The average Bonchev–Trinajstić information content (AvgIpc) is 2.89.